The summed E-state index contributed by atoms with van der Waals surface area (Å²) in [6.45, 7) is 3.87. The molecule has 1 aromatic heterocycles. The monoisotopic (exact) mass is 314 g/mol. The van der Waals surface area contributed by atoms with Crippen LogP contribution in [0.25, 0.3) is 17.0 Å². The molecule has 0 saturated carbocycles. The molecule has 0 N–H and O–H groups in total. The number of aryl methyl sites for hydroxylation is 1. The van der Waals surface area contributed by atoms with Crippen LogP contribution in [0.2, 0.25) is 0 Å². The molecule has 1 saturated heterocycles. The maximum Gasteiger partial charge on any atom is 0.293 e. The minimum absolute atomic E-state index is 0.0640. The SMILES string of the molecule is CC[C@@H](C)N1C(=O)S/C(=C/c2cn(C)c3ccccc23)C1=O. The van der Waals surface area contributed by atoms with Gasteiger partial charge in [0, 0.05) is 35.8 Å². The maximum atomic E-state index is 12.5. The summed E-state index contributed by atoms with van der Waals surface area (Å²) in [7, 11) is 1.98. The summed E-state index contributed by atoms with van der Waals surface area (Å²) in [5.74, 6) is -0.183. The second kappa shape index (κ2) is 5.65. The van der Waals surface area contributed by atoms with Crippen LogP contribution in [0.5, 0.6) is 0 Å². The van der Waals surface area contributed by atoms with Crippen LogP contribution in [0.3, 0.4) is 0 Å². The zero-order valence-corrected chi connectivity index (χ0v) is 13.7. The lowest BCUT2D eigenvalue weighted by atomic mass is 10.1. The van der Waals surface area contributed by atoms with Crippen molar-refractivity contribution in [2.45, 2.75) is 26.3 Å². The van der Waals surface area contributed by atoms with E-state index in [1.807, 2.05) is 62.0 Å². The molecule has 1 aliphatic heterocycles. The van der Waals surface area contributed by atoms with Gasteiger partial charge in [0.05, 0.1) is 4.91 Å². The van der Waals surface area contributed by atoms with Gasteiger partial charge in [-0.2, -0.15) is 0 Å². The van der Waals surface area contributed by atoms with Crippen molar-refractivity contribution in [1.82, 2.24) is 9.47 Å². The van der Waals surface area contributed by atoms with Crippen molar-refractivity contribution >= 4 is 39.9 Å². The van der Waals surface area contributed by atoms with Crippen LogP contribution in [0.4, 0.5) is 4.79 Å². The Labute approximate surface area is 133 Å². The van der Waals surface area contributed by atoms with Gasteiger partial charge in [0.2, 0.25) is 0 Å². The standard InChI is InChI=1S/C17H18N2O2S/c1-4-11(2)19-16(20)15(22-17(19)21)9-12-10-18(3)14-8-6-5-7-13(12)14/h5-11H,4H2,1-3H3/b15-9+/t11-/m1/s1. The number of aromatic nitrogens is 1. The predicted molar refractivity (Wildman–Crippen MR) is 90.5 cm³/mol. The van der Waals surface area contributed by atoms with Gasteiger partial charge in [0.15, 0.2) is 0 Å². The molecule has 1 aromatic carbocycles. The number of hydrogen-bond donors (Lipinski definition) is 0. The van der Waals surface area contributed by atoms with Crippen molar-refractivity contribution in [2.24, 2.45) is 7.05 Å². The van der Waals surface area contributed by atoms with Crippen LogP contribution in [0.1, 0.15) is 25.8 Å². The van der Waals surface area contributed by atoms with Gasteiger partial charge in [-0.3, -0.25) is 14.5 Å². The molecule has 0 aliphatic carbocycles. The normalized spacial score (nSPS) is 18.7. The third-order valence-corrected chi connectivity index (χ3v) is 4.95. The van der Waals surface area contributed by atoms with Crippen LogP contribution in [-0.4, -0.2) is 26.7 Å². The number of nitrogens with zero attached hydrogens (tertiary/aromatic N) is 2. The van der Waals surface area contributed by atoms with Crippen molar-refractivity contribution in [3.63, 3.8) is 0 Å². The number of imide groups is 1. The highest BCUT2D eigenvalue weighted by Gasteiger charge is 2.37. The Morgan fingerprint density at radius 2 is 2.00 bits per heavy atom. The van der Waals surface area contributed by atoms with Gasteiger partial charge in [-0.15, -0.1) is 0 Å². The van der Waals surface area contributed by atoms with E-state index in [1.165, 1.54) is 4.90 Å². The third-order valence-electron chi connectivity index (χ3n) is 4.07. The summed E-state index contributed by atoms with van der Waals surface area (Å²) in [4.78, 5) is 26.4. The number of para-hydroxylation sites is 1. The molecule has 2 aromatic rings. The molecule has 114 valence electrons. The number of fused-ring (bicyclic) bond motifs is 1. The molecule has 0 radical (unpaired) electrons. The average molecular weight is 314 g/mol. The van der Waals surface area contributed by atoms with Crippen LogP contribution in [0, 0.1) is 0 Å². The van der Waals surface area contributed by atoms with Gasteiger partial charge >= 0.3 is 0 Å². The molecule has 1 fully saturated rings. The Hall–Kier alpha value is -2.01. The highest BCUT2D eigenvalue weighted by Crippen LogP contribution is 2.35. The first kappa shape index (κ1) is 14.9. The summed E-state index contributed by atoms with van der Waals surface area (Å²) in [5.41, 5.74) is 2.07. The number of benzene rings is 1. The summed E-state index contributed by atoms with van der Waals surface area (Å²) in [6, 6.07) is 7.97. The Balaban J connectivity index is 2.02. The summed E-state index contributed by atoms with van der Waals surface area (Å²) >= 11 is 1.03. The first-order chi connectivity index (χ1) is 10.5. The van der Waals surface area contributed by atoms with Crippen LogP contribution >= 0.6 is 11.8 Å². The molecular weight excluding hydrogens is 296 g/mol. The number of hydrogen-bond acceptors (Lipinski definition) is 3. The lowest BCUT2D eigenvalue weighted by molar-refractivity contribution is -0.124. The average Bonchev–Trinajstić information content (AvgIpc) is 2.97. The summed E-state index contributed by atoms with van der Waals surface area (Å²) in [5, 5.41) is 0.908. The van der Waals surface area contributed by atoms with E-state index in [4.69, 9.17) is 0 Å². The van der Waals surface area contributed by atoms with Crippen LogP contribution in [0.15, 0.2) is 35.4 Å². The Morgan fingerprint density at radius 3 is 2.73 bits per heavy atom. The molecule has 0 unspecified atom stereocenters. The summed E-state index contributed by atoms with van der Waals surface area (Å²) in [6.07, 6.45) is 4.58. The molecule has 1 aliphatic rings. The minimum Gasteiger partial charge on any atom is -0.350 e. The van der Waals surface area contributed by atoms with Crippen molar-refractivity contribution < 1.29 is 9.59 Å². The molecule has 5 heteroatoms. The van der Waals surface area contributed by atoms with E-state index in [0.717, 1.165) is 34.6 Å². The largest absolute Gasteiger partial charge is 0.350 e. The van der Waals surface area contributed by atoms with Crippen LogP contribution in [-0.2, 0) is 11.8 Å². The molecule has 22 heavy (non-hydrogen) atoms. The smallest absolute Gasteiger partial charge is 0.293 e. The van der Waals surface area contributed by atoms with Gasteiger partial charge in [-0.1, -0.05) is 25.1 Å². The highest BCUT2D eigenvalue weighted by atomic mass is 32.2. The number of carbonyl (C=O) groups is 2. The van der Waals surface area contributed by atoms with Gasteiger partial charge in [0.1, 0.15) is 0 Å². The van der Waals surface area contributed by atoms with Crippen LogP contribution < -0.4 is 0 Å². The molecule has 0 bridgehead atoms. The molecule has 1 atom stereocenters. The molecule has 3 rings (SSSR count). The predicted octanol–water partition coefficient (Wildman–Crippen LogP) is 4.01. The van der Waals surface area contributed by atoms with E-state index in [1.54, 1.807) is 0 Å². The number of carbonyl (C=O) groups excluding carboxylic acids is 2. The van der Waals surface area contributed by atoms with Crippen molar-refractivity contribution in [2.75, 3.05) is 0 Å². The van der Waals surface area contributed by atoms with Crippen molar-refractivity contribution in [3.8, 4) is 0 Å². The zero-order valence-electron chi connectivity index (χ0n) is 12.9. The second-order valence-electron chi connectivity index (χ2n) is 5.52. The van der Waals surface area contributed by atoms with Gasteiger partial charge < -0.3 is 4.57 Å². The van der Waals surface area contributed by atoms with Gasteiger partial charge in [-0.05, 0) is 37.2 Å². The fourth-order valence-electron chi connectivity index (χ4n) is 2.67. The van der Waals surface area contributed by atoms with E-state index >= 15 is 0 Å². The topological polar surface area (TPSA) is 42.3 Å². The maximum absolute atomic E-state index is 12.5. The van der Waals surface area contributed by atoms with E-state index in [2.05, 4.69) is 0 Å². The fourth-order valence-corrected chi connectivity index (χ4v) is 3.59. The minimum atomic E-state index is -0.183. The Bertz CT molecular complexity index is 791. The number of amides is 2. The first-order valence-electron chi connectivity index (χ1n) is 7.34. The lowest BCUT2D eigenvalue weighted by Gasteiger charge is -2.19. The molecule has 0 spiro atoms. The molecule has 2 amide bonds. The van der Waals surface area contributed by atoms with E-state index in [-0.39, 0.29) is 17.2 Å². The fraction of sp³-hybridized carbons (Fsp3) is 0.294. The first-order valence-corrected chi connectivity index (χ1v) is 8.15. The van der Waals surface area contributed by atoms with E-state index < -0.39 is 0 Å². The number of rotatable bonds is 3. The van der Waals surface area contributed by atoms with Crippen molar-refractivity contribution in [3.05, 3.63) is 40.9 Å². The Kier molecular flexibility index (Phi) is 3.83. The number of thioether (sulfide) groups is 1. The molecule has 2 heterocycles. The lowest BCUT2D eigenvalue weighted by Crippen LogP contribution is -2.36. The Morgan fingerprint density at radius 1 is 1.27 bits per heavy atom. The summed E-state index contributed by atoms with van der Waals surface area (Å²) < 4.78 is 2.03. The molecule has 4 nitrogen and oxygen atoms in total. The molecular formula is C17H18N2O2S. The van der Waals surface area contributed by atoms with E-state index in [9.17, 15) is 9.59 Å². The third kappa shape index (κ3) is 2.35. The van der Waals surface area contributed by atoms with Gasteiger partial charge in [0.25, 0.3) is 11.1 Å². The highest BCUT2D eigenvalue weighted by molar-refractivity contribution is 8.18. The van der Waals surface area contributed by atoms with Gasteiger partial charge in [-0.25, -0.2) is 0 Å². The quantitative estimate of drug-likeness (QED) is 0.804. The zero-order chi connectivity index (χ0) is 15.9. The van der Waals surface area contributed by atoms with E-state index in [0.29, 0.717) is 4.91 Å². The second-order valence-corrected chi connectivity index (χ2v) is 6.51. The van der Waals surface area contributed by atoms with Crippen molar-refractivity contribution in [1.29, 1.82) is 0 Å².